The van der Waals surface area contributed by atoms with Gasteiger partial charge in [0.05, 0.1) is 13.2 Å². The van der Waals surface area contributed by atoms with Crippen molar-refractivity contribution in [3.8, 4) is 0 Å². The van der Waals surface area contributed by atoms with Crippen molar-refractivity contribution in [1.82, 2.24) is 19.9 Å². The van der Waals surface area contributed by atoms with Crippen LogP contribution in [0, 0.1) is 6.92 Å². The van der Waals surface area contributed by atoms with Gasteiger partial charge in [0, 0.05) is 13.1 Å². The lowest BCUT2D eigenvalue weighted by Crippen LogP contribution is -2.37. The quantitative estimate of drug-likeness (QED) is 0.773. The maximum atomic E-state index is 5.87. The molecule has 0 amide bonds. The first-order chi connectivity index (χ1) is 8.24. The van der Waals surface area contributed by atoms with Gasteiger partial charge in [-0.1, -0.05) is 0 Å². The molecular formula is C10H12ClN5O. The summed E-state index contributed by atoms with van der Waals surface area (Å²) in [4.78, 5) is 18.0. The van der Waals surface area contributed by atoms with E-state index in [0.29, 0.717) is 30.0 Å². The molecule has 0 saturated carbocycles. The number of hydrogen-bond acceptors (Lipinski definition) is 5. The van der Waals surface area contributed by atoms with E-state index in [-0.39, 0.29) is 0 Å². The van der Waals surface area contributed by atoms with Crippen LogP contribution in [0.5, 0.6) is 0 Å². The fourth-order valence-electron chi connectivity index (χ4n) is 1.96. The molecule has 0 atom stereocenters. The number of aryl methyl sites for hydroxylation is 1. The summed E-state index contributed by atoms with van der Waals surface area (Å²) in [6.45, 7) is 4.93. The normalized spacial score (nSPS) is 16.7. The Bertz CT molecular complexity index is 549. The molecule has 17 heavy (non-hydrogen) atoms. The molecule has 1 aliphatic rings. The molecule has 0 bridgehead atoms. The predicted molar refractivity (Wildman–Crippen MR) is 64.5 cm³/mol. The van der Waals surface area contributed by atoms with Gasteiger partial charge in [-0.15, -0.1) is 0 Å². The van der Waals surface area contributed by atoms with E-state index in [4.69, 9.17) is 16.3 Å². The van der Waals surface area contributed by atoms with Crippen LogP contribution in [0.2, 0.25) is 5.28 Å². The number of imidazole rings is 1. The van der Waals surface area contributed by atoms with Crippen molar-refractivity contribution >= 4 is 28.6 Å². The molecule has 3 heterocycles. The van der Waals surface area contributed by atoms with Crippen molar-refractivity contribution in [3.63, 3.8) is 0 Å². The second-order valence-corrected chi connectivity index (χ2v) is 4.28. The topological polar surface area (TPSA) is 66.9 Å². The molecular weight excluding hydrogens is 242 g/mol. The SMILES string of the molecule is Cc1nc(N2CCOCC2)c2[nH]c(Cl)nc2n1. The summed E-state index contributed by atoms with van der Waals surface area (Å²) < 4.78 is 5.33. The molecule has 1 saturated heterocycles. The summed E-state index contributed by atoms with van der Waals surface area (Å²) in [6.07, 6.45) is 0. The molecule has 0 radical (unpaired) electrons. The van der Waals surface area contributed by atoms with Crippen molar-refractivity contribution in [3.05, 3.63) is 11.1 Å². The van der Waals surface area contributed by atoms with Crippen molar-refractivity contribution in [2.75, 3.05) is 31.2 Å². The van der Waals surface area contributed by atoms with Gasteiger partial charge in [0.15, 0.2) is 11.5 Å². The highest BCUT2D eigenvalue weighted by Crippen LogP contribution is 2.24. The third-order valence-corrected chi connectivity index (χ3v) is 2.90. The highest BCUT2D eigenvalue weighted by molar-refractivity contribution is 6.29. The van der Waals surface area contributed by atoms with E-state index in [1.54, 1.807) is 0 Å². The van der Waals surface area contributed by atoms with Crippen LogP contribution < -0.4 is 4.90 Å². The molecule has 90 valence electrons. The minimum atomic E-state index is 0.342. The molecule has 1 fully saturated rings. The number of morpholine rings is 1. The van der Waals surface area contributed by atoms with Gasteiger partial charge in [0.25, 0.3) is 0 Å². The van der Waals surface area contributed by atoms with Crippen molar-refractivity contribution in [1.29, 1.82) is 0 Å². The Morgan fingerprint density at radius 3 is 2.76 bits per heavy atom. The standard InChI is InChI=1S/C10H12ClN5O/c1-6-12-8-7(14-10(11)15-8)9(13-6)16-2-4-17-5-3-16/h2-5H2,1H3,(H,12,13,14,15). The van der Waals surface area contributed by atoms with Gasteiger partial charge < -0.3 is 14.6 Å². The number of aromatic amines is 1. The molecule has 0 unspecified atom stereocenters. The Hall–Kier alpha value is -1.40. The van der Waals surface area contributed by atoms with E-state index in [9.17, 15) is 0 Å². The number of anilines is 1. The van der Waals surface area contributed by atoms with Crippen LogP contribution in [-0.4, -0.2) is 46.2 Å². The van der Waals surface area contributed by atoms with Crippen molar-refractivity contribution in [2.45, 2.75) is 6.92 Å². The molecule has 2 aromatic rings. The number of nitrogens with zero attached hydrogens (tertiary/aromatic N) is 4. The lowest BCUT2D eigenvalue weighted by Gasteiger charge is -2.27. The highest BCUT2D eigenvalue weighted by atomic mass is 35.5. The molecule has 0 aliphatic carbocycles. The minimum absolute atomic E-state index is 0.342. The first-order valence-corrected chi connectivity index (χ1v) is 5.84. The van der Waals surface area contributed by atoms with Gasteiger partial charge in [0.2, 0.25) is 5.28 Å². The van der Waals surface area contributed by atoms with Crippen molar-refractivity contribution < 1.29 is 4.74 Å². The molecule has 3 rings (SSSR count). The molecule has 7 heteroatoms. The smallest absolute Gasteiger partial charge is 0.202 e. The Kier molecular flexibility index (Phi) is 2.60. The monoisotopic (exact) mass is 253 g/mol. The lowest BCUT2D eigenvalue weighted by atomic mass is 10.3. The average molecular weight is 254 g/mol. The van der Waals surface area contributed by atoms with E-state index in [1.807, 2.05) is 6.92 Å². The van der Waals surface area contributed by atoms with E-state index < -0.39 is 0 Å². The number of nitrogens with one attached hydrogen (secondary N) is 1. The number of H-pyrrole nitrogens is 1. The second kappa shape index (κ2) is 4.12. The van der Waals surface area contributed by atoms with Crippen LogP contribution in [0.3, 0.4) is 0 Å². The zero-order valence-corrected chi connectivity index (χ0v) is 10.2. The number of rotatable bonds is 1. The number of ether oxygens (including phenoxy) is 1. The van der Waals surface area contributed by atoms with E-state index in [0.717, 1.165) is 24.4 Å². The highest BCUT2D eigenvalue weighted by Gasteiger charge is 2.18. The predicted octanol–water partition coefficient (Wildman–Crippen LogP) is 1.15. The van der Waals surface area contributed by atoms with Crippen LogP contribution in [0.1, 0.15) is 5.82 Å². The Balaban J connectivity index is 2.12. The third kappa shape index (κ3) is 1.94. The van der Waals surface area contributed by atoms with Gasteiger partial charge in [-0.05, 0) is 18.5 Å². The van der Waals surface area contributed by atoms with Crippen molar-refractivity contribution in [2.24, 2.45) is 0 Å². The Morgan fingerprint density at radius 2 is 2.00 bits per heavy atom. The molecule has 1 aliphatic heterocycles. The van der Waals surface area contributed by atoms with E-state index in [1.165, 1.54) is 0 Å². The summed E-state index contributed by atoms with van der Waals surface area (Å²) in [5, 5.41) is 0.342. The van der Waals surface area contributed by atoms with Gasteiger partial charge in [-0.2, -0.15) is 4.98 Å². The summed E-state index contributed by atoms with van der Waals surface area (Å²) in [5.74, 6) is 1.55. The zero-order valence-electron chi connectivity index (χ0n) is 9.40. The largest absolute Gasteiger partial charge is 0.378 e. The van der Waals surface area contributed by atoms with Crippen LogP contribution in [0.25, 0.3) is 11.2 Å². The van der Waals surface area contributed by atoms with Crippen LogP contribution in [0.15, 0.2) is 0 Å². The summed E-state index contributed by atoms with van der Waals surface area (Å²) in [7, 11) is 0. The third-order valence-electron chi connectivity index (χ3n) is 2.73. The first kappa shape index (κ1) is 10.7. The Morgan fingerprint density at radius 1 is 1.24 bits per heavy atom. The van der Waals surface area contributed by atoms with E-state index in [2.05, 4.69) is 24.8 Å². The molecule has 1 N–H and O–H groups in total. The molecule has 2 aromatic heterocycles. The minimum Gasteiger partial charge on any atom is -0.378 e. The Labute approximate surface area is 103 Å². The number of hydrogen-bond donors (Lipinski definition) is 1. The van der Waals surface area contributed by atoms with Crippen LogP contribution >= 0.6 is 11.6 Å². The van der Waals surface area contributed by atoms with Crippen LogP contribution in [0.4, 0.5) is 5.82 Å². The van der Waals surface area contributed by atoms with Gasteiger partial charge in [-0.25, -0.2) is 9.97 Å². The average Bonchev–Trinajstić information content (AvgIpc) is 2.69. The molecule has 6 nitrogen and oxygen atoms in total. The maximum absolute atomic E-state index is 5.87. The fourth-order valence-corrected chi connectivity index (χ4v) is 2.14. The maximum Gasteiger partial charge on any atom is 0.202 e. The lowest BCUT2D eigenvalue weighted by molar-refractivity contribution is 0.122. The summed E-state index contributed by atoms with van der Waals surface area (Å²) in [5.41, 5.74) is 1.41. The number of halogens is 1. The fraction of sp³-hybridized carbons (Fsp3) is 0.500. The van der Waals surface area contributed by atoms with Gasteiger partial charge in [-0.3, -0.25) is 0 Å². The van der Waals surface area contributed by atoms with Gasteiger partial charge >= 0.3 is 0 Å². The van der Waals surface area contributed by atoms with Crippen LogP contribution in [-0.2, 0) is 4.74 Å². The number of aromatic nitrogens is 4. The number of fused-ring (bicyclic) bond motifs is 1. The van der Waals surface area contributed by atoms with E-state index >= 15 is 0 Å². The summed E-state index contributed by atoms with van der Waals surface area (Å²) >= 11 is 5.87. The molecule has 0 spiro atoms. The molecule has 0 aromatic carbocycles. The first-order valence-electron chi connectivity index (χ1n) is 5.46. The summed E-state index contributed by atoms with van der Waals surface area (Å²) in [6, 6.07) is 0. The zero-order chi connectivity index (χ0) is 11.8. The van der Waals surface area contributed by atoms with Gasteiger partial charge in [0.1, 0.15) is 11.3 Å². The second-order valence-electron chi connectivity index (χ2n) is 3.92.